The molecule has 3 atom stereocenters. The largest absolute Gasteiger partial charge is 0.481 e. The van der Waals surface area contributed by atoms with Crippen LogP contribution in [0.5, 0.6) is 0 Å². The predicted molar refractivity (Wildman–Crippen MR) is 58.3 cm³/mol. The molecule has 0 aromatic carbocycles. The van der Waals surface area contributed by atoms with Crippen LogP contribution in [0.2, 0.25) is 0 Å². The monoisotopic (exact) mass is 283 g/mol. The van der Waals surface area contributed by atoms with Crippen LogP contribution in [0.3, 0.4) is 0 Å². The molecule has 0 bridgehead atoms. The first-order valence-electron chi connectivity index (χ1n) is 4.82. The van der Waals surface area contributed by atoms with Gasteiger partial charge in [0.25, 0.3) is 0 Å². The van der Waals surface area contributed by atoms with Gasteiger partial charge in [-0.05, 0) is 6.42 Å². The second kappa shape index (κ2) is 6.48. The van der Waals surface area contributed by atoms with E-state index in [1.807, 2.05) is 0 Å². The quantitative estimate of drug-likeness (QED) is 0.356. The lowest BCUT2D eigenvalue weighted by atomic mass is 10.1. The van der Waals surface area contributed by atoms with Crippen molar-refractivity contribution in [1.29, 1.82) is 0 Å². The number of carbonyl (C=O) groups is 3. The van der Waals surface area contributed by atoms with Gasteiger partial charge in [-0.25, -0.2) is 4.79 Å². The Kier molecular flexibility index (Phi) is 5.96. The van der Waals surface area contributed by atoms with Gasteiger partial charge in [0.15, 0.2) is 5.78 Å². The Labute approximate surface area is 102 Å². The summed E-state index contributed by atoms with van der Waals surface area (Å²) >= 11 is 0. The van der Waals surface area contributed by atoms with Gasteiger partial charge in [-0.3, -0.25) is 14.2 Å². The first kappa shape index (κ1) is 16.6. The molecule has 0 saturated heterocycles. The third-order valence-electron chi connectivity index (χ3n) is 2.23. The summed E-state index contributed by atoms with van der Waals surface area (Å²) in [5, 5.41) is 25.6. The molecule has 0 aliphatic heterocycles. The van der Waals surface area contributed by atoms with E-state index in [0.717, 1.165) is 0 Å². The minimum Gasteiger partial charge on any atom is -0.481 e. The van der Waals surface area contributed by atoms with Gasteiger partial charge in [-0.1, -0.05) is 0 Å². The highest BCUT2D eigenvalue weighted by molar-refractivity contribution is 7.59. The summed E-state index contributed by atoms with van der Waals surface area (Å²) in [7, 11) is -4.41. The van der Waals surface area contributed by atoms with Gasteiger partial charge < -0.3 is 25.9 Å². The molecule has 6 N–H and O–H groups in total. The number of rotatable bonds is 8. The number of aliphatic carboxylic acids is 3. The van der Waals surface area contributed by atoms with E-state index in [2.05, 4.69) is 0 Å². The summed E-state index contributed by atoms with van der Waals surface area (Å²) < 4.78 is 11.6. The maximum Gasteiger partial charge on any atom is 0.330 e. The molecule has 9 nitrogen and oxygen atoms in total. The van der Waals surface area contributed by atoms with Crippen molar-refractivity contribution in [2.24, 2.45) is 11.7 Å². The maximum atomic E-state index is 11.6. The molecule has 0 spiro atoms. The SMILES string of the molecule is NC(C(=O)O)P(=O)(O)CC(CCC(=O)O)C(=O)O. The van der Waals surface area contributed by atoms with Crippen LogP contribution in [0.15, 0.2) is 0 Å². The van der Waals surface area contributed by atoms with E-state index in [1.165, 1.54) is 0 Å². The van der Waals surface area contributed by atoms with E-state index in [0.29, 0.717) is 0 Å². The minimum atomic E-state index is -4.41. The van der Waals surface area contributed by atoms with Gasteiger partial charge in [-0.15, -0.1) is 0 Å². The summed E-state index contributed by atoms with van der Waals surface area (Å²) in [4.78, 5) is 40.9. The Morgan fingerprint density at radius 3 is 1.94 bits per heavy atom. The summed E-state index contributed by atoms with van der Waals surface area (Å²) in [6.45, 7) is 0. The molecule has 104 valence electrons. The van der Waals surface area contributed by atoms with Gasteiger partial charge in [0.05, 0.1) is 5.92 Å². The molecule has 0 amide bonds. The second-order valence-electron chi connectivity index (χ2n) is 3.69. The van der Waals surface area contributed by atoms with Crippen LogP contribution < -0.4 is 5.73 Å². The van der Waals surface area contributed by atoms with Crippen LogP contribution >= 0.6 is 7.37 Å². The average Bonchev–Trinajstić information content (AvgIpc) is 2.22. The standard InChI is InChI=1S/C8H14NO8P/c9-6(8(14)15)18(16,17)3-4(7(12)13)1-2-5(10)11/h4,6H,1-3,9H2,(H,10,11)(H,12,13)(H,14,15)(H,16,17). The fourth-order valence-electron chi connectivity index (χ4n) is 1.19. The van der Waals surface area contributed by atoms with Crippen molar-refractivity contribution in [3.8, 4) is 0 Å². The minimum absolute atomic E-state index is 0.373. The predicted octanol–water partition coefficient (Wildman–Crippen LogP) is -0.808. The highest BCUT2D eigenvalue weighted by Crippen LogP contribution is 2.46. The normalized spacial score (nSPS) is 17.4. The highest BCUT2D eigenvalue weighted by atomic mass is 31.2. The van der Waals surface area contributed by atoms with Crippen LogP contribution in [-0.2, 0) is 18.9 Å². The number of carboxylic acids is 3. The van der Waals surface area contributed by atoms with Crippen LogP contribution in [0.1, 0.15) is 12.8 Å². The van der Waals surface area contributed by atoms with Crippen LogP contribution in [0.25, 0.3) is 0 Å². The molecule has 18 heavy (non-hydrogen) atoms. The van der Waals surface area contributed by atoms with E-state index in [-0.39, 0.29) is 6.42 Å². The Morgan fingerprint density at radius 2 is 1.61 bits per heavy atom. The molecule has 0 fully saturated rings. The summed E-state index contributed by atoms with van der Waals surface area (Å²) in [6, 6.07) is 0. The number of hydrogen-bond donors (Lipinski definition) is 5. The molecule has 0 rings (SSSR count). The van der Waals surface area contributed by atoms with Gasteiger partial charge in [-0.2, -0.15) is 0 Å². The molecule has 0 aliphatic carbocycles. The number of carboxylic acid groups (broad SMARTS) is 3. The Bertz CT molecular complexity index is 395. The lowest BCUT2D eigenvalue weighted by molar-refractivity contribution is -0.142. The molecule has 0 saturated carbocycles. The molecular formula is C8H14NO8P. The van der Waals surface area contributed by atoms with E-state index < -0.39 is 49.6 Å². The molecule has 10 heteroatoms. The molecule has 0 aliphatic rings. The van der Waals surface area contributed by atoms with Gasteiger partial charge in [0, 0.05) is 12.6 Å². The molecule has 0 aromatic rings. The summed E-state index contributed by atoms with van der Waals surface area (Å²) in [5.41, 5.74) is 4.98. The van der Waals surface area contributed by atoms with Crippen LogP contribution in [0, 0.1) is 5.92 Å². The third kappa shape index (κ3) is 5.26. The van der Waals surface area contributed by atoms with Gasteiger partial charge in [0.1, 0.15) is 0 Å². The molecule has 0 radical (unpaired) electrons. The van der Waals surface area contributed by atoms with Crippen molar-refractivity contribution < 1.29 is 39.2 Å². The first-order valence-corrected chi connectivity index (χ1v) is 6.73. The smallest absolute Gasteiger partial charge is 0.330 e. The fourth-order valence-corrected chi connectivity index (χ4v) is 2.74. The first-order chi connectivity index (χ1) is 8.08. The van der Waals surface area contributed by atoms with E-state index in [4.69, 9.17) is 21.1 Å². The lowest BCUT2D eigenvalue weighted by Crippen LogP contribution is -2.33. The fraction of sp³-hybridized carbons (Fsp3) is 0.625. The Balaban J connectivity index is 4.77. The van der Waals surface area contributed by atoms with Crippen LogP contribution in [-0.4, -0.2) is 50.1 Å². The second-order valence-corrected chi connectivity index (χ2v) is 6.12. The topological polar surface area (TPSA) is 175 Å². The average molecular weight is 283 g/mol. The van der Waals surface area contributed by atoms with E-state index in [1.54, 1.807) is 0 Å². The number of nitrogens with two attached hydrogens (primary N) is 1. The maximum absolute atomic E-state index is 11.6. The zero-order valence-corrected chi connectivity index (χ0v) is 10.1. The van der Waals surface area contributed by atoms with Crippen molar-refractivity contribution in [2.45, 2.75) is 18.6 Å². The van der Waals surface area contributed by atoms with Gasteiger partial charge in [0.2, 0.25) is 7.37 Å². The van der Waals surface area contributed by atoms with Crippen molar-refractivity contribution in [2.75, 3.05) is 6.16 Å². The van der Waals surface area contributed by atoms with E-state index in [9.17, 15) is 23.8 Å². The lowest BCUT2D eigenvalue weighted by Gasteiger charge is -2.19. The van der Waals surface area contributed by atoms with E-state index >= 15 is 0 Å². The van der Waals surface area contributed by atoms with Gasteiger partial charge >= 0.3 is 17.9 Å². The van der Waals surface area contributed by atoms with Crippen molar-refractivity contribution in [3.63, 3.8) is 0 Å². The zero-order chi connectivity index (χ0) is 14.5. The van der Waals surface area contributed by atoms with Crippen molar-refractivity contribution >= 4 is 25.3 Å². The highest BCUT2D eigenvalue weighted by Gasteiger charge is 2.38. The van der Waals surface area contributed by atoms with Crippen LogP contribution in [0.4, 0.5) is 0 Å². The molecular weight excluding hydrogens is 269 g/mol. The number of hydrogen-bond acceptors (Lipinski definition) is 5. The Hall–Kier alpha value is -1.44. The third-order valence-corrected chi connectivity index (χ3v) is 4.28. The summed E-state index contributed by atoms with van der Waals surface area (Å²) in [5.74, 6) is -7.95. The van der Waals surface area contributed by atoms with Crippen molar-refractivity contribution in [1.82, 2.24) is 0 Å². The molecule has 3 unspecified atom stereocenters. The molecule has 0 aromatic heterocycles. The zero-order valence-electron chi connectivity index (χ0n) is 9.22. The Morgan fingerprint density at radius 1 is 1.11 bits per heavy atom. The molecule has 0 heterocycles. The summed E-state index contributed by atoms with van der Waals surface area (Å²) in [6.07, 6.45) is -1.75. The van der Waals surface area contributed by atoms with Crippen molar-refractivity contribution in [3.05, 3.63) is 0 Å².